The van der Waals surface area contributed by atoms with Crippen LogP contribution in [0.5, 0.6) is 0 Å². The number of nitrogens with one attached hydrogen (secondary N) is 1. The van der Waals surface area contributed by atoms with E-state index in [1.54, 1.807) is 12.3 Å². The molecule has 1 aliphatic rings. The predicted octanol–water partition coefficient (Wildman–Crippen LogP) is 0.859. The third kappa shape index (κ3) is 2.21. The van der Waals surface area contributed by atoms with E-state index in [1.807, 2.05) is 11.0 Å². The maximum Gasteiger partial charge on any atom is 0.270 e. The van der Waals surface area contributed by atoms with Crippen LogP contribution >= 0.6 is 0 Å². The first-order chi connectivity index (χ1) is 7.31. The molecule has 2 rings (SSSR count). The molecule has 0 aromatic carbocycles. The van der Waals surface area contributed by atoms with E-state index in [4.69, 9.17) is 5.11 Å². The number of aromatic amines is 1. The summed E-state index contributed by atoms with van der Waals surface area (Å²) >= 11 is 0. The first-order valence-electron chi connectivity index (χ1n) is 5.35. The molecule has 2 N–H and O–H groups in total. The number of rotatable bonds is 2. The van der Waals surface area contributed by atoms with Crippen LogP contribution in [0.4, 0.5) is 0 Å². The Balaban J connectivity index is 1.93. The Hall–Kier alpha value is -1.29. The van der Waals surface area contributed by atoms with Crippen molar-refractivity contribution in [2.24, 2.45) is 5.92 Å². The van der Waals surface area contributed by atoms with Crippen molar-refractivity contribution >= 4 is 5.91 Å². The van der Waals surface area contributed by atoms with Crippen molar-refractivity contribution in [3.8, 4) is 0 Å². The van der Waals surface area contributed by atoms with Gasteiger partial charge in [0.25, 0.3) is 5.91 Å². The highest BCUT2D eigenvalue weighted by Gasteiger charge is 2.23. The highest BCUT2D eigenvalue weighted by Crippen LogP contribution is 2.17. The Bertz CT molecular complexity index is 313. The number of carbonyl (C=O) groups excluding carboxylic acids is 1. The smallest absolute Gasteiger partial charge is 0.270 e. The minimum absolute atomic E-state index is 0.0661. The number of hydrogen-bond donors (Lipinski definition) is 2. The molecule has 1 aromatic heterocycles. The number of piperidine rings is 1. The fraction of sp³-hybridized carbons (Fsp3) is 0.545. The van der Waals surface area contributed by atoms with E-state index in [0.717, 1.165) is 25.9 Å². The number of amides is 1. The lowest BCUT2D eigenvalue weighted by molar-refractivity contribution is 0.0646. The molecule has 1 fully saturated rings. The van der Waals surface area contributed by atoms with Gasteiger partial charge in [0.15, 0.2) is 0 Å². The van der Waals surface area contributed by atoms with Gasteiger partial charge >= 0.3 is 0 Å². The number of nitrogens with zero attached hydrogens (tertiary/aromatic N) is 1. The number of H-pyrrole nitrogens is 1. The highest BCUT2D eigenvalue weighted by atomic mass is 16.3. The summed E-state index contributed by atoms with van der Waals surface area (Å²) in [5.41, 5.74) is 0.650. The minimum atomic E-state index is 0.0661. The van der Waals surface area contributed by atoms with Crippen molar-refractivity contribution in [3.05, 3.63) is 24.0 Å². The predicted molar refractivity (Wildman–Crippen MR) is 56.5 cm³/mol. The lowest BCUT2D eigenvalue weighted by Gasteiger charge is -2.30. The van der Waals surface area contributed by atoms with Crippen LogP contribution in [0, 0.1) is 5.92 Å². The summed E-state index contributed by atoms with van der Waals surface area (Å²) in [4.78, 5) is 16.7. The summed E-state index contributed by atoms with van der Waals surface area (Å²) in [6.07, 6.45) is 3.57. The van der Waals surface area contributed by atoms with E-state index in [-0.39, 0.29) is 12.5 Å². The fourth-order valence-electron chi connectivity index (χ4n) is 1.95. The summed E-state index contributed by atoms with van der Waals surface area (Å²) in [5.74, 6) is 0.439. The molecule has 82 valence electrons. The van der Waals surface area contributed by atoms with Gasteiger partial charge in [0, 0.05) is 25.9 Å². The second kappa shape index (κ2) is 4.49. The molecule has 0 saturated carbocycles. The van der Waals surface area contributed by atoms with Gasteiger partial charge in [0.2, 0.25) is 0 Å². The molecule has 1 amide bonds. The van der Waals surface area contributed by atoms with Gasteiger partial charge in [-0.2, -0.15) is 0 Å². The zero-order valence-corrected chi connectivity index (χ0v) is 8.65. The number of aliphatic hydroxyl groups is 1. The van der Waals surface area contributed by atoms with Crippen molar-refractivity contribution in [2.75, 3.05) is 19.7 Å². The van der Waals surface area contributed by atoms with Gasteiger partial charge in [-0.05, 0) is 30.9 Å². The molecule has 1 aliphatic heterocycles. The summed E-state index contributed by atoms with van der Waals surface area (Å²) in [5, 5.41) is 8.99. The quantitative estimate of drug-likeness (QED) is 0.757. The van der Waals surface area contributed by atoms with Crippen molar-refractivity contribution in [1.82, 2.24) is 9.88 Å². The molecule has 0 atom stereocenters. The van der Waals surface area contributed by atoms with Crippen LogP contribution in [0.25, 0.3) is 0 Å². The highest BCUT2D eigenvalue weighted by molar-refractivity contribution is 5.92. The molecule has 1 saturated heterocycles. The molecule has 0 aliphatic carbocycles. The molecule has 15 heavy (non-hydrogen) atoms. The zero-order chi connectivity index (χ0) is 10.7. The number of aliphatic hydroxyl groups excluding tert-OH is 1. The third-order valence-electron chi connectivity index (χ3n) is 2.99. The third-order valence-corrected chi connectivity index (χ3v) is 2.99. The van der Waals surface area contributed by atoms with Crippen molar-refractivity contribution in [2.45, 2.75) is 12.8 Å². The van der Waals surface area contributed by atoms with Crippen LogP contribution in [0.1, 0.15) is 23.3 Å². The van der Waals surface area contributed by atoms with Gasteiger partial charge in [0.1, 0.15) is 5.69 Å². The lowest BCUT2D eigenvalue weighted by Crippen LogP contribution is -2.39. The molecule has 0 unspecified atom stereocenters. The van der Waals surface area contributed by atoms with E-state index in [0.29, 0.717) is 11.6 Å². The Morgan fingerprint density at radius 2 is 2.27 bits per heavy atom. The summed E-state index contributed by atoms with van der Waals surface area (Å²) < 4.78 is 0. The molecule has 4 heteroatoms. The van der Waals surface area contributed by atoms with Crippen LogP contribution in [0.3, 0.4) is 0 Å². The monoisotopic (exact) mass is 208 g/mol. The van der Waals surface area contributed by atoms with Crippen molar-refractivity contribution < 1.29 is 9.90 Å². The topological polar surface area (TPSA) is 56.3 Å². The standard InChI is InChI=1S/C11H16N2O2/c14-8-9-3-6-13(7-4-9)11(15)10-2-1-5-12-10/h1-2,5,9,12,14H,3-4,6-8H2. The molecule has 0 radical (unpaired) electrons. The maximum atomic E-state index is 11.9. The second-order valence-electron chi connectivity index (χ2n) is 4.00. The van der Waals surface area contributed by atoms with Gasteiger partial charge in [-0.25, -0.2) is 0 Å². The lowest BCUT2D eigenvalue weighted by atomic mass is 9.98. The van der Waals surface area contributed by atoms with Crippen molar-refractivity contribution in [3.63, 3.8) is 0 Å². The minimum Gasteiger partial charge on any atom is -0.396 e. The van der Waals surface area contributed by atoms with Gasteiger partial charge in [0.05, 0.1) is 0 Å². The Kier molecular flexibility index (Phi) is 3.06. The van der Waals surface area contributed by atoms with Crippen LogP contribution in [0.15, 0.2) is 18.3 Å². The molecule has 0 spiro atoms. The number of carbonyl (C=O) groups is 1. The fourth-order valence-corrected chi connectivity index (χ4v) is 1.95. The molecular weight excluding hydrogens is 192 g/mol. The van der Waals surface area contributed by atoms with Crippen LogP contribution in [-0.2, 0) is 0 Å². The van der Waals surface area contributed by atoms with E-state index in [9.17, 15) is 4.79 Å². The van der Waals surface area contributed by atoms with Gasteiger partial charge in [-0.1, -0.05) is 0 Å². The Morgan fingerprint density at radius 1 is 1.53 bits per heavy atom. The Labute approximate surface area is 88.9 Å². The van der Waals surface area contributed by atoms with Gasteiger partial charge in [-0.15, -0.1) is 0 Å². The zero-order valence-electron chi connectivity index (χ0n) is 8.65. The SMILES string of the molecule is O=C(c1ccc[nH]1)N1CCC(CO)CC1. The molecule has 1 aromatic rings. The largest absolute Gasteiger partial charge is 0.396 e. The summed E-state index contributed by atoms with van der Waals surface area (Å²) in [7, 11) is 0. The second-order valence-corrected chi connectivity index (χ2v) is 4.00. The van der Waals surface area contributed by atoms with Crippen LogP contribution in [0.2, 0.25) is 0 Å². The average Bonchev–Trinajstić information content (AvgIpc) is 2.82. The summed E-state index contributed by atoms with van der Waals surface area (Å²) in [6.45, 7) is 1.75. The molecule has 4 nitrogen and oxygen atoms in total. The molecule has 2 heterocycles. The van der Waals surface area contributed by atoms with Gasteiger partial charge < -0.3 is 15.0 Å². The number of likely N-dealkylation sites (tertiary alicyclic amines) is 1. The first kappa shape index (κ1) is 10.2. The van der Waals surface area contributed by atoms with E-state index in [2.05, 4.69) is 4.98 Å². The maximum absolute atomic E-state index is 11.9. The van der Waals surface area contributed by atoms with Crippen LogP contribution < -0.4 is 0 Å². The van der Waals surface area contributed by atoms with Gasteiger partial charge in [-0.3, -0.25) is 4.79 Å². The van der Waals surface area contributed by atoms with Crippen LogP contribution in [-0.4, -0.2) is 40.6 Å². The Morgan fingerprint density at radius 3 is 2.80 bits per heavy atom. The molecule has 0 bridgehead atoms. The van der Waals surface area contributed by atoms with E-state index in [1.165, 1.54) is 0 Å². The number of hydrogen-bond acceptors (Lipinski definition) is 2. The average molecular weight is 208 g/mol. The summed E-state index contributed by atoms with van der Waals surface area (Å²) in [6, 6.07) is 3.62. The molecular formula is C11H16N2O2. The first-order valence-corrected chi connectivity index (χ1v) is 5.35. The van der Waals surface area contributed by atoms with E-state index >= 15 is 0 Å². The normalized spacial score (nSPS) is 18.1. The number of aromatic nitrogens is 1. The van der Waals surface area contributed by atoms with E-state index < -0.39 is 0 Å². The van der Waals surface area contributed by atoms with Crippen molar-refractivity contribution in [1.29, 1.82) is 0 Å².